The minimum Gasteiger partial charge on any atom is -0.508 e. The summed E-state index contributed by atoms with van der Waals surface area (Å²) in [6, 6.07) is 0. The highest BCUT2D eigenvalue weighted by atomic mass is 16.3. The third-order valence-electron chi connectivity index (χ3n) is 4.21. The predicted octanol–water partition coefficient (Wildman–Crippen LogP) is 3.09. The Bertz CT molecular complexity index is 660. The molecule has 2 N–H and O–H groups in total. The molecule has 0 aromatic heterocycles. The monoisotopic (exact) mass is 348 g/mol. The second-order valence-electron chi connectivity index (χ2n) is 7.41. The summed E-state index contributed by atoms with van der Waals surface area (Å²) < 4.78 is 0. The SMILES string of the molecule is CC(C)=CCC1C(=O)C(C(=O)C(C)C)=C(O)[C@@]1(O)C(=O)/C=C/C(C)C. The number of Topliss-reactive ketones (excluding diaryl/α,β-unsaturated/α-hetero) is 2. The Kier molecular flexibility index (Phi) is 6.66. The maximum absolute atomic E-state index is 12.7. The first-order valence-corrected chi connectivity index (χ1v) is 8.55. The summed E-state index contributed by atoms with van der Waals surface area (Å²) in [5.41, 5.74) is -1.94. The molecule has 0 heterocycles. The van der Waals surface area contributed by atoms with Crippen LogP contribution in [0.5, 0.6) is 0 Å². The van der Waals surface area contributed by atoms with Crippen LogP contribution in [0.4, 0.5) is 0 Å². The lowest BCUT2D eigenvalue weighted by atomic mass is 9.82. The minimum absolute atomic E-state index is 0.0591. The van der Waals surface area contributed by atoms with Crippen LogP contribution in [0.1, 0.15) is 48.0 Å². The highest BCUT2D eigenvalue weighted by molar-refractivity contribution is 6.27. The van der Waals surface area contributed by atoms with Crippen LogP contribution in [-0.2, 0) is 14.4 Å². The lowest BCUT2D eigenvalue weighted by Crippen LogP contribution is -2.45. The zero-order chi connectivity index (χ0) is 19.5. The van der Waals surface area contributed by atoms with E-state index in [1.165, 1.54) is 6.08 Å². The molecular weight excluding hydrogens is 320 g/mol. The van der Waals surface area contributed by atoms with Crippen LogP contribution in [0, 0.1) is 17.8 Å². The molecule has 2 atom stereocenters. The molecule has 0 saturated carbocycles. The molecule has 138 valence electrons. The molecule has 0 bridgehead atoms. The highest BCUT2D eigenvalue weighted by Crippen LogP contribution is 2.41. The number of carbonyl (C=O) groups excluding carboxylic acids is 3. The van der Waals surface area contributed by atoms with Crippen molar-refractivity contribution in [3.63, 3.8) is 0 Å². The van der Waals surface area contributed by atoms with Crippen LogP contribution in [0.15, 0.2) is 35.1 Å². The highest BCUT2D eigenvalue weighted by Gasteiger charge is 2.58. The van der Waals surface area contributed by atoms with Crippen molar-refractivity contribution in [1.29, 1.82) is 0 Å². The average Bonchev–Trinajstić information content (AvgIpc) is 2.69. The van der Waals surface area contributed by atoms with E-state index in [9.17, 15) is 24.6 Å². The number of hydrogen-bond donors (Lipinski definition) is 2. The number of rotatable bonds is 7. The van der Waals surface area contributed by atoms with Gasteiger partial charge in [0.1, 0.15) is 11.3 Å². The van der Waals surface area contributed by atoms with Crippen LogP contribution < -0.4 is 0 Å². The van der Waals surface area contributed by atoms with Gasteiger partial charge in [0.05, 0.1) is 5.92 Å². The summed E-state index contributed by atoms with van der Waals surface area (Å²) in [6.07, 6.45) is 4.53. The fraction of sp³-hybridized carbons (Fsp3) is 0.550. The summed E-state index contributed by atoms with van der Waals surface area (Å²) in [5.74, 6) is -4.53. The lowest BCUT2D eigenvalue weighted by Gasteiger charge is -2.26. The normalized spacial score (nSPS) is 23.9. The van der Waals surface area contributed by atoms with Crippen LogP contribution in [0.2, 0.25) is 0 Å². The van der Waals surface area contributed by atoms with E-state index in [0.29, 0.717) is 0 Å². The van der Waals surface area contributed by atoms with Gasteiger partial charge in [-0.25, -0.2) is 0 Å². The molecule has 0 aromatic rings. The van der Waals surface area contributed by atoms with Crippen molar-refractivity contribution < 1.29 is 24.6 Å². The fourth-order valence-corrected chi connectivity index (χ4v) is 2.69. The predicted molar refractivity (Wildman–Crippen MR) is 96.0 cm³/mol. The first-order chi connectivity index (χ1) is 11.4. The molecule has 1 aliphatic rings. The Balaban J connectivity index is 3.47. The van der Waals surface area contributed by atoms with Gasteiger partial charge in [0.15, 0.2) is 23.0 Å². The molecule has 0 spiro atoms. The molecule has 0 fully saturated rings. The van der Waals surface area contributed by atoms with Crippen molar-refractivity contribution in [2.45, 2.75) is 53.6 Å². The van der Waals surface area contributed by atoms with E-state index in [1.54, 1.807) is 26.0 Å². The maximum atomic E-state index is 12.7. The van der Waals surface area contributed by atoms with Gasteiger partial charge in [-0.15, -0.1) is 0 Å². The van der Waals surface area contributed by atoms with Gasteiger partial charge in [0.25, 0.3) is 0 Å². The molecule has 1 rings (SSSR count). The molecule has 0 amide bonds. The maximum Gasteiger partial charge on any atom is 0.195 e. The van der Waals surface area contributed by atoms with Gasteiger partial charge in [-0.2, -0.15) is 0 Å². The number of ketones is 3. The van der Waals surface area contributed by atoms with E-state index in [2.05, 4.69) is 0 Å². The van der Waals surface area contributed by atoms with E-state index < -0.39 is 46.1 Å². The van der Waals surface area contributed by atoms with Crippen molar-refractivity contribution in [2.24, 2.45) is 17.8 Å². The number of allylic oxidation sites excluding steroid dienone is 4. The van der Waals surface area contributed by atoms with Gasteiger partial charge >= 0.3 is 0 Å². The molecule has 1 unspecified atom stereocenters. The van der Waals surface area contributed by atoms with E-state index in [1.807, 2.05) is 27.7 Å². The van der Waals surface area contributed by atoms with Gasteiger partial charge in [-0.3, -0.25) is 14.4 Å². The summed E-state index contributed by atoms with van der Waals surface area (Å²) in [4.78, 5) is 37.7. The number of carbonyl (C=O) groups is 3. The van der Waals surface area contributed by atoms with Gasteiger partial charge in [0, 0.05) is 5.92 Å². The Morgan fingerprint density at radius 1 is 1.20 bits per heavy atom. The Hall–Kier alpha value is -2.01. The summed E-state index contributed by atoms with van der Waals surface area (Å²) in [7, 11) is 0. The third-order valence-corrected chi connectivity index (χ3v) is 4.21. The first-order valence-electron chi connectivity index (χ1n) is 8.55. The Labute approximate surface area is 149 Å². The topological polar surface area (TPSA) is 91.7 Å². The molecule has 0 saturated heterocycles. The van der Waals surface area contributed by atoms with Crippen LogP contribution in [0.3, 0.4) is 0 Å². The molecular formula is C20H28O5. The van der Waals surface area contributed by atoms with Crippen molar-refractivity contribution in [3.8, 4) is 0 Å². The van der Waals surface area contributed by atoms with E-state index in [4.69, 9.17) is 0 Å². The van der Waals surface area contributed by atoms with Crippen molar-refractivity contribution >= 4 is 17.3 Å². The minimum atomic E-state index is -2.39. The molecule has 5 heteroatoms. The Morgan fingerprint density at radius 2 is 1.76 bits per heavy atom. The second kappa shape index (κ2) is 7.91. The summed E-state index contributed by atoms with van der Waals surface area (Å²) in [5, 5.41) is 21.5. The average molecular weight is 348 g/mol. The number of aliphatic hydroxyl groups excluding tert-OH is 1. The third kappa shape index (κ3) is 4.15. The molecule has 0 aliphatic heterocycles. The molecule has 25 heavy (non-hydrogen) atoms. The number of aliphatic hydroxyl groups is 2. The second-order valence-corrected chi connectivity index (χ2v) is 7.41. The van der Waals surface area contributed by atoms with E-state index >= 15 is 0 Å². The zero-order valence-corrected chi connectivity index (χ0v) is 15.8. The molecule has 0 aromatic carbocycles. The smallest absolute Gasteiger partial charge is 0.195 e. The van der Waals surface area contributed by atoms with Crippen LogP contribution in [0.25, 0.3) is 0 Å². The van der Waals surface area contributed by atoms with E-state index in [0.717, 1.165) is 5.57 Å². The van der Waals surface area contributed by atoms with Gasteiger partial charge in [-0.05, 0) is 32.3 Å². The Morgan fingerprint density at radius 3 is 2.20 bits per heavy atom. The molecule has 1 aliphatic carbocycles. The van der Waals surface area contributed by atoms with Crippen molar-refractivity contribution in [1.82, 2.24) is 0 Å². The molecule has 5 nitrogen and oxygen atoms in total. The van der Waals surface area contributed by atoms with E-state index in [-0.39, 0.29) is 12.3 Å². The van der Waals surface area contributed by atoms with Crippen LogP contribution >= 0.6 is 0 Å². The summed E-state index contributed by atoms with van der Waals surface area (Å²) in [6.45, 7) is 10.6. The standard InChI is InChI=1S/C20H28O5/c1-11(2)7-9-14-18(23)16(17(22)13(5)6)19(24)20(14,25)15(21)10-8-12(3)4/h7-8,10,12-14,24-25H,9H2,1-6H3/b10-8+/t14?,20-/m0/s1. The zero-order valence-electron chi connectivity index (χ0n) is 15.8. The lowest BCUT2D eigenvalue weighted by molar-refractivity contribution is -0.140. The van der Waals surface area contributed by atoms with Gasteiger partial charge < -0.3 is 10.2 Å². The fourth-order valence-electron chi connectivity index (χ4n) is 2.69. The van der Waals surface area contributed by atoms with Gasteiger partial charge in [-0.1, -0.05) is 45.4 Å². The molecule has 0 radical (unpaired) electrons. The summed E-state index contributed by atoms with van der Waals surface area (Å²) >= 11 is 0. The van der Waals surface area contributed by atoms with Crippen molar-refractivity contribution in [3.05, 3.63) is 35.1 Å². The number of hydrogen-bond acceptors (Lipinski definition) is 5. The quantitative estimate of drug-likeness (QED) is 0.419. The van der Waals surface area contributed by atoms with Crippen LogP contribution in [-0.4, -0.2) is 33.2 Å². The van der Waals surface area contributed by atoms with Gasteiger partial charge in [0.2, 0.25) is 0 Å². The first kappa shape index (κ1) is 21.0. The largest absolute Gasteiger partial charge is 0.508 e. The van der Waals surface area contributed by atoms with Crippen molar-refractivity contribution in [2.75, 3.05) is 0 Å².